The second kappa shape index (κ2) is 8.77. The van der Waals surface area contributed by atoms with E-state index in [0.29, 0.717) is 19.4 Å². The number of amides is 1. The quantitative estimate of drug-likeness (QED) is 0.645. The molecule has 0 radical (unpaired) electrons. The minimum Gasteiger partial charge on any atom is -0.349 e. The number of nitrogens with zero attached hydrogens (tertiary/aromatic N) is 1. The summed E-state index contributed by atoms with van der Waals surface area (Å²) in [5.41, 5.74) is 0.797. The van der Waals surface area contributed by atoms with E-state index in [0.717, 1.165) is 16.3 Å². The lowest BCUT2D eigenvalue weighted by molar-refractivity contribution is -0.126. The molecule has 0 unspecified atom stereocenters. The molecule has 1 N–H and O–H groups in total. The summed E-state index contributed by atoms with van der Waals surface area (Å²) in [6.07, 6.45) is 1.25. The van der Waals surface area contributed by atoms with Crippen molar-refractivity contribution in [1.82, 2.24) is 9.62 Å². The summed E-state index contributed by atoms with van der Waals surface area (Å²) in [7, 11) is -3.69. The molecule has 1 aliphatic heterocycles. The molecule has 0 aromatic heterocycles. The highest BCUT2D eigenvalue weighted by atomic mass is 32.2. The molecule has 0 bridgehead atoms. The summed E-state index contributed by atoms with van der Waals surface area (Å²) in [6, 6.07) is 18.4. The van der Waals surface area contributed by atoms with Gasteiger partial charge in [0.15, 0.2) is 0 Å². The molecule has 4 rings (SSSR count). The Balaban J connectivity index is 1.47. The fourth-order valence-corrected chi connectivity index (χ4v) is 5.58. The molecule has 1 heterocycles. The van der Waals surface area contributed by atoms with Crippen LogP contribution in [0.3, 0.4) is 0 Å². The molecule has 162 valence electrons. The molecule has 1 amide bonds. The first-order valence-electron chi connectivity index (χ1n) is 10.4. The lowest BCUT2D eigenvalue weighted by Crippen LogP contribution is -2.45. The lowest BCUT2D eigenvalue weighted by Gasteiger charge is -2.32. The maximum Gasteiger partial charge on any atom is 0.243 e. The summed E-state index contributed by atoms with van der Waals surface area (Å²) >= 11 is 0. The largest absolute Gasteiger partial charge is 0.349 e. The van der Waals surface area contributed by atoms with E-state index in [1.54, 1.807) is 30.3 Å². The van der Waals surface area contributed by atoms with Gasteiger partial charge in [-0.25, -0.2) is 12.8 Å². The van der Waals surface area contributed by atoms with Crippen LogP contribution in [0.5, 0.6) is 0 Å². The zero-order valence-corrected chi connectivity index (χ0v) is 18.1. The Labute approximate surface area is 181 Å². The first kappa shape index (κ1) is 21.5. The summed E-state index contributed by atoms with van der Waals surface area (Å²) in [5, 5.41) is 4.78. The monoisotopic (exact) mass is 440 g/mol. The van der Waals surface area contributed by atoms with Gasteiger partial charge in [0.1, 0.15) is 5.82 Å². The zero-order chi connectivity index (χ0) is 22.0. The summed E-state index contributed by atoms with van der Waals surface area (Å²) < 4.78 is 41.0. The van der Waals surface area contributed by atoms with Crippen molar-refractivity contribution in [2.45, 2.75) is 30.7 Å². The Kier molecular flexibility index (Phi) is 6.07. The van der Waals surface area contributed by atoms with Gasteiger partial charge in [0.2, 0.25) is 15.9 Å². The third-order valence-corrected chi connectivity index (χ3v) is 7.70. The third-order valence-electron chi connectivity index (χ3n) is 5.84. The van der Waals surface area contributed by atoms with Gasteiger partial charge >= 0.3 is 0 Å². The van der Waals surface area contributed by atoms with Gasteiger partial charge in [0.05, 0.1) is 16.9 Å². The highest BCUT2D eigenvalue weighted by Gasteiger charge is 2.33. The second-order valence-electron chi connectivity index (χ2n) is 7.99. The maximum atomic E-state index is 13.2. The van der Waals surface area contributed by atoms with E-state index in [2.05, 4.69) is 5.32 Å². The molecule has 0 spiro atoms. The average Bonchev–Trinajstić information content (AvgIpc) is 2.79. The smallest absolute Gasteiger partial charge is 0.243 e. The van der Waals surface area contributed by atoms with Crippen molar-refractivity contribution >= 4 is 26.7 Å². The Morgan fingerprint density at radius 1 is 1.06 bits per heavy atom. The van der Waals surface area contributed by atoms with E-state index >= 15 is 0 Å². The number of halogens is 1. The van der Waals surface area contributed by atoms with Crippen LogP contribution in [0.25, 0.3) is 10.8 Å². The topological polar surface area (TPSA) is 66.5 Å². The highest BCUT2D eigenvalue weighted by molar-refractivity contribution is 7.89. The van der Waals surface area contributed by atoms with Crippen molar-refractivity contribution in [3.63, 3.8) is 0 Å². The molecule has 1 fully saturated rings. The van der Waals surface area contributed by atoms with E-state index in [-0.39, 0.29) is 29.2 Å². The lowest BCUT2D eigenvalue weighted by atomic mass is 9.98. The summed E-state index contributed by atoms with van der Waals surface area (Å²) in [4.78, 5) is 13.1. The van der Waals surface area contributed by atoms with E-state index in [1.165, 1.54) is 16.4 Å². The van der Waals surface area contributed by atoms with Crippen molar-refractivity contribution in [3.05, 3.63) is 78.1 Å². The molecule has 3 aromatic rings. The maximum absolute atomic E-state index is 13.2. The van der Waals surface area contributed by atoms with Crippen LogP contribution in [0.15, 0.2) is 71.6 Å². The van der Waals surface area contributed by atoms with E-state index in [1.807, 2.05) is 31.2 Å². The molecule has 5 nitrogen and oxygen atoms in total. The van der Waals surface area contributed by atoms with Crippen molar-refractivity contribution in [2.75, 3.05) is 13.1 Å². The number of carbonyl (C=O) groups excluding carboxylic acids is 1. The number of hydrogen-bond acceptors (Lipinski definition) is 3. The standard InChI is InChI=1S/C24H25FN2O3S/c1-17(18-8-11-22(25)12-9-18)26-24(28)21-7-4-14-27(16-21)31(29,30)23-13-10-19-5-2-3-6-20(19)15-23/h2-3,5-6,8-13,15,17,21H,4,7,14,16H2,1H3,(H,26,28)/t17-,21-/m1/s1. The molecular weight excluding hydrogens is 415 g/mol. The molecule has 0 aliphatic carbocycles. The summed E-state index contributed by atoms with van der Waals surface area (Å²) in [5.74, 6) is -0.939. The Hall–Kier alpha value is -2.77. The Morgan fingerprint density at radius 2 is 1.77 bits per heavy atom. The number of nitrogens with one attached hydrogen (secondary N) is 1. The van der Waals surface area contributed by atoms with Gasteiger partial charge < -0.3 is 5.32 Å². The molecule has 3 aromatic carbocycles. The number of piperidine rings is 1. The van der Waals surface area contributed by atoms with E-state index in [4.69, 9.17) is 0 Å². The molecular formula is C24H25FN2O3S. The van der Waals surface area contributed by atoms with Gasteiger partial charge in [-0.1, -0.05) is 42.5 Å². The van der Waals surface area contributed by atoms with Crippen molar-refractivity contribution in [3.8, 4) is 0 Å². The Bertz CT molecular complexity index is 1190. The minimum absolute atomic E-state index is 0.150. The number of hydrogen-bond donors (Lipinski definition) is 1. The molecule has 0 saturated carbocycles. The number of rotatable bonds is 5. The van der Waals surface area contributed by atoms with Crippen LogP contribution < -0.4 is 5.32 Å². The van der Waals surface area contributed by atoms with Gasteiger partial charge in [0, 0.05) is 13.1 Å². The first-order chi connectivity index (χ1) is 14.8. The van der Waals surface area contributed by atoms with Crippen LogP contribution in [0.1, 0.15) is 31.4 Å². The highest BCUT2D eigenvalue weighted by Crippen LogP contribution is 2.27. The fraction of sp³-hybridized carbons (Fsp3) is 0.292. The minimum atomic E-state index is -3.69. The van der Waals surface area contributed by atoms with Gasteiger partial charge in [-0.3, -0.25) is 4.79 Å². The zero-order valence-electron chi connectivity index (χ0n) is 17.3. The van der Waals surface area contributed by atoms with Crippen molar-refractivity contribution in [2.24, 2.45) is 5.92 Å². The van der Waals surface area contributed by atoms with Gasteiger partial charge in [-0.15, -0.1) is 0 Å². The predicted octanol–water partition coefficient (Wildman–Crippen LogP) is 4.26. The third kappa shape index (κ3) is 4.62. The molecule has 1 saturated heterocycles. The number of sulfonamides is 1. The molecule has 1 aliphatic rings. The van der Waals surface area contributed by atoms with Crippen LogP contribution in [0.2, 0.25) is 0 Å². The van der Waals surface area contributed by atoms with Gasteiger partial charge in [0.25, 0.3) is 0 Å². The SMILES string of the molecule is C[C@@H](NC(=O)[C@@H]1CCCN(S(=O)(=O)c2ccc3ccccc3c2)C1)c1ccc(F)cc1. The first-order valence-corrected chi connectivity index (χ1v) is 11.8. The average molecular weight is 441 g/mol. The van der Waals surface area contributed by atoms with Gasteiger partial charge in [-0.05, 0) is 60.4 Å². The number of carbonyl (C=O) groups is 1. The van der Waals surface area contributed by atoms with Crippen LogP contribution in [-0.4, -0.2) is 31.7 Å². The molecule has 31 heavy (non-hydrogen) atoms. The fourth-order valence-electron chi connectivity index (χ4n) is 4.02. The molecule has 7 heteroatoms. The van der Waals surface area contributed by atoms with E-state index < -0.39 is 15.9 Å². The van der Waals surface area contributed by atoms with Crippen molar-refractivity contribution in [1.29, 1.82) is 0 Å². The van der Waals surface area contributed by atoms with Crippen LogP contribution in [0, 0.1) is 11.7 Å². The van der Waals surface area contributed by atoms with Gasteiger partial charge in [-0.2, -0.15) is 4.31 Å². The van der Waals surface area contributed by atoms with Crippen molar-refractivity contribution < 1.29 is 17.6 Å². The second-order valence-corrected chi connectivity index (χ2v) is 9.93. The predicted molar refractivity (Wildman–Crippen MR) is 118 cm³/mol. The van der Waals surface area contributed by atoms with Crippen LogP contribution >= 0.6 is 0 Å². The van der Waals surface area contributed by atoms with E-state index in [9.17, 15) is 17.6 Å². The van der Waals surface area contributed by atoms with Crippen LogP contribution in [0.4, 0.5) is 4.39 Å². The normalized spacial score (nSPS) is 18.6. The van der Waals surface area contributed by atoms with Crippen LogP contribution in [-0.2, 0) is 14.8 Å². The number of fused-ring (bicyclic) bond motifs is 1. The molecule has 2 atom stereocenters. The Morgan fingerprint density at radius 3 is 2.52 bits per heavy atom. The number of benzene rings is 3. The summed E-state index contributed by atoms with van der Waals surface area (Å²) in [6.45, 7) is 2.38.